The fourth-order valence-electron chi connectivity index (χ4n) is 4.73. The Morgan fingerprint density at radius 1 is 1.08 bits per heavy atom. The minimum atomic E-state index is -0.0659. The van der Waals surface area contributed by atoms with Crippen molar-refractivity contribution in [1.29, 1.82) is 0 Å². The molecule has 0 aromatic heterocycles. The van der Waals surface area contributed by atoms with Gasteiger partial charge in [-0.15, -0.1) is 0 Å². The molecule has 0 heterocycles. The van der Waals surface area contributed by atoms with E-state index >= 15 is 0 Å². The minimum absolute atomic E-state index is 0.0659. The van der Waals surface area contributed by atoms with Crippen LogP contribution in [-0.2, 0) is 25.8 Å². The van der Waals surface area contributed by atoms with Crippen LogP contribution in [0.3, 0.4) is 0 Å². The number of fused-ring (bicyclic) bond motifs is 1. The number of carbonyl (C=O) groups is 1. The van der Waals surface area contributed by atoms with Crippen molar-refractivity contribution in [1.82, 2.24) is 0 Å². The van der Waals surface area contributed by atoms with E-state index in [0.29, 0.717) is 19.1 Å². The summed E-state index contributed by atoms with van der Waals surface area (Å²) in [6, 6.07) is 7.00. The van der Waals surface area contributed by atoms with E-state index in [4.69, 9.17) is 4.74 Å². The topological polar surface area (TPSA) is 26.3 Å². The predicted molar refractivity (Wildman–Crippen MR) is 98.6 cm³/mol. The molecule has 1 fully saturated rings. The molecule has 0 saturated heterocycles. The highest BCUT2D eigenvalue weighted by Gasteiger charge is 2.62. The lowest BCUT2D eigenvalue weighted by Gasteiger charge is -2.42. The zero-order valence-corrected chi connectivity index (χ0v) is 16.1. The van der Waals surface area contributed by atoms with E-state index < -0.39 is 0 Å². The first-order valence-corrected chi connectivity index (χ1v) is 9.37. The van der Waals surface area contributed by atoms with Gasteiger partial charge in [0.05, 0.1) is 6.61 Å². The van der Waals surface area contributed by atoms with Crippen LogP contribution < -0.4 is 0 Å². The summed E-state index contributed by atoms with van der Waals surface area (Å²) >= 11 is 0. The van der Waals surface area contributed by atoms with E-state index in [-0.39, 0.29) is 22.2 Å². The number of rotatable bonds is 5. The summed E-state index contributed by atoms with van der Waals surface area (Å²) in [6.07, 6.45) is 3.58. The summed E-state index contributed by atoms with van der Waals surface area (Å²) in [4.78, 5) is 11.6. The molecule has 0 bridgehead atoms. The summed E-state index contributed by atoms with van der Waals surface area (Å²) in [7, 11) is 0. The maximum atomic E-state index is 11.6. The van der Waals surface area contributed by atoms with Gasteiger partial charge in [-0.25, -0.2) is 0 Å². The first kappa shape index (κ1) is 17.7. The standard InChI is InChI=1S/C22H32O2/c1-7-24-14-19-18(13-23)22(19,6)15-8-9-16-17(12-15)21(4,5)11-10-20(16,2)3/h8-9,12-13,18-19H,7,10-11,14H2,1-6H3/t18-,19-,22-/m0/s1. The van der Waals surface area contributed by atoms with Crippen molar-refractivity contribution >= 4 is 6.29 Å². The second kappa shape index (κ2) is 5.69. The van der Waals surface area contributed by atoms with Crippen LogP contribution in [0.5, 0.6) is 0 Å². The lowest BCUT2D eigenvalue weighted by molar-refractivity contribution is -0.109. The third-order valence-electron chi connectivity index (χ3n) is 6.91. The Balaban J connectivity index is 2.01. The molecule has 1 aromatic carbocycles. The number of carbonyl (C=O) groups excluding carboxylic acids is 1. The Labute approximate surface area is 147 Å². The Bertz CT molecular complexity index is 643. The molecule has 0 unspecified atom stereocenters. The molecule has 0 aliphatic heterocycles. The van der Waals surface area contributed by atoms with Crippen molar-refractivity contribution in [3.63, 3.8) is 0 Å². The average Bonchev–Trinajstić information content (AvgIpc) is 3.14. The maximum Gasteiger partial charge on any atom is 0.124 e. The van der Waals surface area contributed by atoms with Crippen LogP contribution >= 0.6 is 0 Å². The van der Waals surface area contributed by atoms with Gasteiger partial charge in [-0.3, -0.25) is 0 Å². The van der Waals surface area contributed by atoms with E-state index in [1.54, 1.807) is 0 Å². The predicted octanol–water partition coefficient (Wildman–Crippen LogP) is 4.77. The highest BCUT2D eigenvalue weighted by Crippen LogP contribution is 2.59. The molecule has 3 atom stereocenters. The molecule has 2 heteroatoms. The zero-order valence-electron chi connectivity index (χ0n) is 16.1. The summed E-state index contributed by atoms with van der Waals surface area (Å²) in [5.74, 6) is 0.398. The lowest BCUT2D eigenvalue weighted by atomic mass is 9.62. The zero-order chi connectivity index (χ0) is 17.8. The molecular formula is C22H32O2. The van der Waals surface area contributed by atoms with Crippen LogP contribution in [0.2, 0.25) is 0 Å². The first-order chi connectivity index (χ1) is 11.2. The third-order valence-corrected chi connectivity index (χ3v) is 6.91. The molecule has 2 aliphatic carbocycles. The summed E-state index contributed by atoms with van der Waals surface area (Å²) in [5.41, 5.74) is 4.65. The Kier molecular flexibility index (Phi) is 4.19. The van der Waals surface area contributed by atoms with Gasteiger partial charge in [0, 0.05) is 23.9 Å². The van der Waals surface area contributed by atoms with Gasteiger partial charge in [0.15, 0.2) is 0 Å². The van der Waals surface area contributed by atoms with Crippen LogP contribution in [-0.4, -0.2) is 19.5 Å². The van der Waals surface area contributed by atoms with Crippen molar-refractivity contribution in [3.8, 4) is 0 Å². The summed E-state index contributed by atoms with van der Waals surface area (Å²) in [5, 5.41) is 0. The van der Waals surface area contributed by atoms with Gasteiger partial charge in [-0.05, 0) is 47.3 Å². The first-order valence-electron chi connectivity index (χ1n) is 9.37. The fraction of sp³-hybridized carbons (Fsp3) is 0.682. The van der Waals surface area contributed by atoms with Gasteiger partial charge in [-0.2, -0.15) is 0 Å². The van der Waals surface area contributed by atoms with Crippen LogP contribution in [0, 0.1) is 11.8 Å². The molecule has 1 aromatic rings. The van der Waals surface area contributed by atoms with Crippen molar-refractivity contribution in [2.75, 3.05) is 13.2 Å². The van der Waals surface area contributed by atoms with E-state index in [0.717, 1.165) is 6.29 Å². The van der Waals surface area contributed by atoms with Crippen LogP contribution in [0.15, 0.2) is 18.2 Å². The van der Waals surface area contributed by atoms with Gasteiger partial charge in [-0.1, -0.05) is 52.8 Å². The largest absolute Gasteiger partial charge is 0.381 e. The molecule has 3 rings (SSSR count). The quantitative estimate of drug-likeness (QED) is 0.727. The molecule has 0 amide bonds. The van der Waals surface area contributed by atoms with Gasteiger partial charge in [0.25, 0.3) is 0 Å². The fourth-order valence-corrected chi connectivity index (χ4v) is 4.73. The SMILES string of the molecule is CCOC[C@H]1[C@H](C=O)[C@]1(C)c1ccc2c(c1)C(C)(C)CCC2(C)C. The highest BCUT2D eigenvalue weighted by molar-refractivity contribution is 5.66. The average molecular weight is 328 g/mol. The van der Waals surface area contributed by atoms with E-state index in [2.05, 4.69) is 52.8 Å². The monoisotopic (exact) mass is 328 g/mol. The molecule has 2 aliphatic rings. The van der Waals surface area contributed by atoms with Gasteiger partial charge >= 0.3 is 0 Å². The normalized spacial score (nSPS) is 32.9. The molecule has 1 saturated carbocycles. The molecule has 2 nitrogen and oxygen atoms in total. The number of hydrogen-bond donors (Lipinski definition) is 0. The van der Waals surface area contributed by atoms with Gasteiger partial charge in [0.1, 0.15) is 6.29 Å². The van der Waals surface area contributed by atoms with Crippen LogP contribution in [0.1, 0.15) is 71.1 Å². The van der Waals surface area contributed by atoms with Crippen LogP contribution in [0.4, 0.5) is 0 Å². The van der Waals surface area contributed by atoms with E-state index in [9.17, 15) is 4.79 Å². The van der Waals surface area contributed by atoms with Crippen molar-refractivity contribution in [2.45, 2.75) is 70.6 Å². The Hall–Kier alpha value is -1.15. The van der Waals surface area contributed by atoms with Crippen molar-refractivity contribution < 1.29 is 9.53 Å². The Morgan fingerprint density at radius 2 is 1.71 bits per heavy atom. The second-order valence-electron chi connectivity index (χ2n) is 9.24. The minimum Gasteiger partial charge on any atom is -0.381 e. The molecule has 0 spiro atoms. The Morgan fingerprint density at radius 3 is 2.29 bits per heavy atom. The van der Waals surface area contributed by atoms with E-state index in [1.165, 1.54) is 29.5 Å². The summed E-state index contributed by atoms with van der Waals surface area (Å²) < 4.78 is 5.63. The molecular weight excluding hydrogens is 296 g/mol. The number of ether oxygens (including phenoxy) is 1. The number of aldehydes is 1. The molecule has 0 radical (unpaired) electrons. The van der Waals surface area contributed by atoms with Crippen molar-refractivity contribution in [2.24, 2.45) is 11.8 Å². The van der Waals surface area contributed by atoms with Crippen LogP contribution in [0.25, 0.3) is 0 Å². The van der Waals surface area contributed by atoms with Crippen molar-refractivity contribution in [3.05, 3.63) is 34.9 Å². The third kappa shape index (κ3) is 2.54. The number of hydrogen-bond acceptors (Lipinski definition) is 2. The lowest BCUT2D eigenvalue weighted by Crippen LogP contribution is -2.34. The molecule has 132 valence electrons. The smallest absolute Gasteiger partial charge is 0.124 e. The van der Waals surface area contributed by atoms with E-state index in [1.807, 2.05) is 6.92 Å². The summed E-state index contributed by atoms with van der Waals surface area (Å²) in [6.45, 7) is 15.1. The highest BCUT2D eigenvalue weighted by atomic mass is 16.5. The molecule has 0 N–H and O–H groups in total. The number of benzene rings is 1. The molecule has 24 heavy (non-hydrogen) atoms. The maximum absolute atomic E-state index is 11.6. The second-order valence-corrected chi connectivity index (χ2v) is 9.24. The van der Waals surface area contributed by atoms with Gasteiger partial charge in [0.2, 0.25) is 0 Å². The van der Waals surface area contributed by atoms with Gasteiger partial charge < -0.3 is 9.53 Å².